The molecule has 2 rings (SSSR count). The summed E-state index contributed by atoms with van der Waals surface area (Å²) >= 11 is 0. The molecule has 2 aromatic carbocycles. The molecule has 2 aromatic rings. The summed E-state index contributed by atoms with van der Waals surface area (Å²) < 4.78 is 0. The van der Waals surface area contributed by atoms with Gasteiger partial charge in [0, 0.05) is 12.7 Å². The van der Waals surface area contributed by atoms with E-state index in [0.717, 1.165) is 5.56 Å². The number of nitrogens with zero attached hydrogens (tertiary/aromatic N) is 2. The number of rotatable bonds is 3. The quantitative estimate of drug-likeness (QED) is 0.925. The Kier molecular flexibility index (Phi) is 4.14. The van der Waals surface area contributed by atoms with Crippen LogP contribution in [0.1, 0.15) is 17.2 Å². The van der Waals surface area contributed by atoms with Crippen LogP contribution in [-0.2, 0) is 4.79 Å². The summed E-state index contributed by atoms with van der Waals surface area (Å²) in [4.78, 5) is 13.8. The third kappa shape index (κ3) is 2.85. The van der Waals surface area contributed by atoms with Crippen LogP contribution < -0.4 is 10.6 Å². The fourth-order valence-corrected chi connectivity index (χ4v) is 1.92. The maximum atomic E-state index is 12.4. The first-order valence-electron chi connectivity index (χ1n) is 6.21. The molecule has 0 heterocycles. The van der Waals surface area contributed by atoms with E-state index >= 15 is 0 Å². The van der Waals surface area contributed by atoms with Gasteiger partial charge < -0.3 is 10.6 Å². The lowest BCUT2D eigenvalue weighted by Crippen LogP contribution is -2.35. The van der Waals surface area contributed by atoms with Crippen LogP contribution in [0.5, 0.6) is 0 Å². The molecule has 2 N–H and O–H groups in total. The Bertz CT molecular complexity index is 646. The SMILES string of the molecule is CN(C(=O)[C@@H](N)c1ccccc1)c1cccc(C#N)c1. The molecule has 0 fully saturated rings. The van der Waals surface area contributed by atoms with Gasteiger partial charge in [-0.25, -0.2) is 0 Å². The first-order chi connectivity index (χ1) is 9.63. The number of amides is 1. The summed E-state index contributed by atoms with van der Waals surface area (Å²) in [5, 5.41) is 8.89. The molecule has 20 heavy (non-hydrogen) atoms. The molecular formula is C16H15N3O. The van der Waals surface area contributed by atoms with Gasteiger partial charge in [0.2, 0.25) is 5.91 Å². The minimum Gasteiger partial charge on any atom is -0.316 e. The van der Waals surface area contributed by atoms with Crippen molar-refractivity contribution < 1.29 is 4.79 Å². The highest BCUT2D eigenvalue weighted by Gasteiger charge is 2.20. The predicted molar refractivity (Wildman–Crippen MR) is 77.9 cm³/mol. The summed E-state index contributed by atoms with van der Waals surface area (Å²) in [5.41, 5.74) is 7.92. The van der Waals surface area contributed by atoms with Crippen molar-refractivity contribution >= 4 is 11.6 Å². The molecular weight excluding hydrogens is 250 g/mol. The van der Waals surface area contributed by atoms with Crippen LogP contribution in [0.2, 0.25) is 0 Å². The van der Waals surface area contributed by atoms with E-state index in [-0.39, 0.29) is 5.91 Å². The van der Waals surface area contributed by atoms with E-state index < -0.39 is 6.04 Å². The highest BCUT2D eigenvalue weighted by molar-refractivity contribution is 5.97. The molecule has 1 atom stereocenters. The number of hydrogen-bond donors (Lipinski definition) is 1. The third-order valence-electron chi connectivity index (χ3n) is 3.12. The molecule has 0 radical (unpaired) electrons. The maximum absolute atomic E-state index is 12.4. The molecule has 0 unspecified atom stereocenters. The van der Waals surface area contributed by atoms with Crippen molar-refractivity contribution in [2.45, 2.75) is 6.04 Å². The zero-order valence-electron chi connectivity index (χ0n) is 11.2. The van der Waals surface area contributed by atoms with Crippen LogP contribution in [0.15, 0.2) is 54.6 Å². The largest absolute Gasteiger partial charge is 0.316 e. The van der Waals surface area contributed by atoms with Crippen LogP contribution in [-0.4, -0.2) is 13.0 Å². The van der Waals surface area contributed by atoms with Gasteiger partial charge in [0.25, 0.3) is 0 Å². The van der Waals surface area contributed by atoms with Gasteiger partial charge >= 0.3 is 0 Å². The van der Waals surface area contributed by atoms with E-state index in [1.54, 1.807) is 31.3 Å². The van der Waals surface area contributed by atoms with Crippen molar-refractivity contribution in [3.8, 4) is 6.07 Å². The third-order valence-corrected chi connectivity index (χ3v) is 3.12. The monoisotopic (exact) mass is 265 g/mol. The second-order valence-corrected chi connectivity index (χ2v) is 4.45. The van der Waals surface area contributed by atoms with E-state index in [2.05, 4.69) is 6.07 Å². The molecule has 0 bridgehead atoms. The zero-order valence-corrected chi connectivity index (χ0v) is 11.2. The van der Waals surface area contributed by atoms with Gasteiger partial charge in [-0.05, 0) is 23.8 Å². The molecule has 4 nitrogen and oxygen atoms in total. The van der Waals surface area contributed by atoms with Crippen molar-refractivity contribution in [3.63, 3.8) is 0 Å². The van der Waals surface area contributed by atoms with Crippen molar-refractivity contribution in [1.82, 2.24) is 0 Å². The van der Waals surface area contributed by atoms with Gasteiger partial charge in [0.05, 0.1) is 11.6 Å². The van der Waals surface area contributed by atoms with Gasteiger partial charge in [-0.15, -0.1) is 0 Å². The molecule has 0 saturated heterocycles. The zero-order chi connectivity index (χ0) is 14.5. The van der Waals surface area contributed by atoms with Gasteiger partial charge in [0.1, 0.15) is 6.04 Å². The number of carbonyl (C=O) groups excluding carboxylic acids is 1. The molecule has 0 aromatic heterocycles. The summed E-state index contributed by atoms with van der Waals surface area (Å²) in [5.74, 6) is -0.216. The van der Waals surface area contributed by atoms with Crippen molar-refractivity contribution in [3.05, 3.63) is 65.7 Å². The maximum Gasteiger partial charge on any atom is 0.248 e. The van der Waals surface area contributed by atoms with Gasteiger partial charge in [-0.3, -0.25) is 4.79 Å². The van der Waals surface area contributed by atoms with E-state index in [4.69, 9.17) is 11.0 Å². The molecule has 0 aliphatic carbocycles. The number of nitrogens with two attached hydrogens (primary N) is 1. The number of carbonyl (C=O) groups is 1. The first-order valence-corrected chi connectivity index (χ1v) is 6.21. The molecule has 0 aliphatic rings. The minimum atomic E-state index is -0.716. The molecule has 0 saturated carbocycles. The fraction of sp³-hybridized carbons (Fsp3) is 0.125. The number of benzene rings is 2. The number of nitriles is 1. The lowest BCUT2D eigenvalue weighted by atomic mass is 10.1. The molecule has 4 heteroatoms. The topological polar surface area (TPSA) is 70.1 Å². The molecule has 100 valence electrons. The van der Waals surface area contributed by atoms with Crippen LogP contribution >= 0.6 is 0 Å². The van der Waals surface area contributed by atoms with Crippen LogP contribution in [0.3, 0.4) is 0 Å². The Labute approximate surface area is 118 Å². The average Bonchev–Trinajstić information content (AvgIpc) is 2.53. The first kappa shape index (κ1) is 13.8. The second-order valence-electron chi connectivity index (χ2n) is 4.45. The van der Waals surface area contributed by atoms with E-state index in [1.165, 1.54) is 4.90 Å². The Morgan fingerprint density at radius 1 is 1.20 bits per heavy atom. The van der Waals surface area contributed by atoms with Crippen LogP contribution in [0.25, 0.3) is 0 Å². The van der Waals surface area contributed by atoms with E-state index in [0.29, 0.717) is 11.3 Å². The van der Waals surface area contributed by atoms with Crippen molar-refractivity contribution in [2.24, 2.45) is 5.73 Å². The summed E-state index contributed by atoms with van der Waals surface area (Å²) in [6.45, 7) is 0. The molecule has 0 aliphatic heterocycles. The molecule has 0 spiro atoms. The average molecular weight is 265 g/mol. The number of likely N-dealkylation sites (N-methyl/N-ethyl adjacent to an activating group) is 1. The lowest BCUT2D eigenvalue weighted by molar-refractivity contribution is -0.119. The second kappa shape index (κ2) is 6.00. The van der Waals surface area contributed by atoms with E-state index in [9.17, 15) is 4.79 Å². The summed E-state index contributed by atoms with van der Waals surface area (Å²) in [6, 6.07) is 17.4. The standard InChI is InChI=1S/C16H15N3O/c1-19(14-9-5-6-12(10-14)11-17)16(20)15(18)13-7-3-2-4-8-13/h2-10,15H,18H2,1H3/t15-/m0/s1. The van der Waals surface area contributed by atoms with E-state index in [1.807, 2.05) is 30.3 Å². The van der Waals surface area contributed by atoms with Crippen LogP contribution in [0.4, 0.5) is 5.69 Å². The predicted octanol–water partition coefficient (Wildman–Crippen LogP) is 2.22. The minimum absolute atomic E-state index is 0.216. The fourth-order valence-electron chi connectivity index (χ4n) is 1.92. The number of anilines is 1. The lowest BCUT2D eigenvalue weighted by Gasteiger charge is -2.21. The van der Waals surface area contributed by atoms with Crippen molar-refractivity contribution in [2.75, 3.05) is 11.9 Å². The van der Waals surface area contributed by atoms with Crippen molar-refractivity contribution in [1.29, 1.82) is 5.26 Å². The summed E-state index contributed by atoms with van der Waals surface area (Å²) in [6.07, 6.45) is 0. The van der Waals surface area contributed by atoms with Gasteiger partial charge in [-0.2, -0.15) is 5.26 Å². The summed E-state index contributed by atoms with van der Waals surface area (Å²) in [7, 11) is 1.65. The smallest absolute Gasteiger partial charge is 0.248 e. The van der Waals surface area contributed by atoms with Gasteiger partial charge in [0.15, 0.2) is 0 Å². The Morgan fingerprint density at radius 2 is 1.90 bits per heavy atom. The Balaban J connectivity index is 2.22. The highest BCUT2D eigenvalue weighted by Crippen LogP contribution is 2.19. The number of hydrogen-bond acceptors (Lipinski definition) is 3. The molecule has 1 amide bonds. The Hall–Kier alpha value is -2.64. The van der Waals surface area contributed by atoms with Gasteiger partial charge in [-0.1, -0.05) is 36.4 Å². The normalized spacial score (nSPS) is 11.4. The Morgan fingerprint density at radius 3 is 2.55 bits per heavy atom. The highest BCUT2D eigenvalue weighted by atomic mass is 16.2. The van der Waals surface area contributed by atoms with Crippen LogP contribution in [0, 0.1) is 11.3 Å².